The molecule has 1 aliphatic heterocycles. The molecule has 0 aromatic heterocycles. The fraction of sp³-hybridized carbons (Fsp3) is 0.846. The number of likely N-dealkylation sites (tertiary alicyclic amines) is 1. The average molecular weight is 272 g/mol. The summed E-state index contributed by atoms with van der Waals surface area (Å²) in [5.41, 5.74) is 0. The Morgan fingerprint density at radius 1 is 1.37 bits per heavy atom. The Labute approximate surface area is 114 Å². The first-order valence-corrected chi connectivity index (χ1v) is 6.95. The van der Waals surface area contributed by atoms with Gasteiger partial charge in [0, 0.05) is 13.1 Å². The van der Waals surface area contributed by atoms with Crippen LogP contribution in [0.5, 0.6) is 0 Å². The molecule has 6 nitrogen and oxygen atoms in total. The molecule has 6 heteroatoms. The molecule has 0 spiro atoms. The van der Waals surface area contributed by atoms with Crippen LogP contribution in [0, 0.1) is 0 Å². The standard InChI is InChI=1S/C13H24N2O4/c1-2-6-14-10-12(16)15-7-3-11(4-8-15)19-9-5-13(17)18/h11,14H,2-10H2,1H3,(H,17,18). The van der Waals surface area contributed by atoms with Gasteiger partial charge in [-0.2, -0.15) is 0 Å². The molecule has 1 amide bonds. The molecule has 1 saturated heterocycles. The Morgan fingerprint density at radius 3 is 2.63 bits per heavy atom. The van der Waals surface area contributed by atoms with Crippen molar-refractivity contribution in [3.63, 3.8) is 0 Å². The van der Waals surface area contributed by atoms with Crippen molar-refractivity contribution in [2.75, 3.05) is 32.8 Å². The Hall–Kier alpha value is -1.14. The second kappa shape index (κ2) is 8.87. The molecule has 0 saturated carbocycles. The molecule has 0 aromatic rings. The Balaban J connectivity index is 2.14. The van der Waals surface area contributed by atoms with E-state index in [9.17, 15) is 9.59 Å². The van der Waals surface area contributed by atoms with Crippen LogP contribution < -0.4 is 5.32 Å². The van der Waals surface area contributed by atoms with Crippen molar-refractivity contribution in [1.82, 2.24) is 10.2 Å². The molecule has 0 aliphatic carbocycles. The van der Waals surface area contributed by atoms with E-state index in [0.717, 1.165) is 25.8 Å². The SMILES string of the molecule is CCCNCC(=O)N1CCC(OCCC(=O)O)CC1. The molecule has 1 rings (SSSR count). The first-order valence-electron chi connectivity index (χ1n) is 6.95. The third kappa shape index (κ3) is 6.54. The highest BCUT2D eigenvalue weighted by atomic mass is 16.5. The van der Waals surface area contributed by atoms with Crippen molar-refractivity contribution in [3.8, 4) is 0 Å². The summed E-state index contributed by atoms with van der Waals surface area (Å²) in [6.07, 6.45) is 2.73. The molecular formula is C13H24N2O4. The van der Waals surface area contributed by atoms with Crippen LogP contribution in [0.3, 0.4) is 0 Å². The second-order valence-corrected chi connectivity index (χ2v) is 4.77. The number of aliphatic carboxylic acids is 1. The number of nitrogens with zero attached hydrogens (tertiary/aromatic N) is 1. The van der Waals surface area contributed by atoms with E-state index in [4.69, 9.17) is 9.84 Å². The van der Waals surface area contributed by atoms with Crippen LogP contribution in [0.1, 0.15) is 32.6 Å². The number of carboxylic acid groups (broad SMARTS) is 1. The topological polar surface area (TPSA) is 78.9 Å². The minimum atomic E-state index is -0.838. The van der Waals surface area contributed by atoms with E-state index in [1.165, 1.54) is 0 Å². The monoisotopic (exact) mass is 272 g/mol. The van der Waals surface area contributed by atoms with Crippen LogP contribution in [0.4, 0.5) is 0 Å². The van der Waals surface area contributed by atoms with Gasteiger partial charge in [0.2, 0.25) is 5.91 Å². The lowest BCUT2D eigenvalue weighted by Crippen LogP contribution is -2.44. The molecular weight excluding hydrogens is 248 g/mol. The van der Waals surface area contributed by atoms with Crippen LogP contribution in [0.25, 0.3) is 0 Å². The van der Waals surface area contributed by atoms with Crippen LogP contribution in [0.2, 0.25) is 0 Å². The molecule has 1 fully saturated rings. The van der Waals surface area contributed by atoms with Gasteiger partial charge in [-0.15, -0.1) is 0 Å². The summed E-state index contributed by atoms with van der Waals surface area (Å²) in [6, 6.07) is 0. The van der Waals surface area contributed by atoms with Crippen molar-refractivity contribution in [2.24, 2.45) is 0 Å². The zero-order valence-corrected chi connectivity index (χ0v) is 11.6. The molecule has 0 aromatic carbocycles. The van der Waals surface area contributed by atoms with Gasteiger partial charge in [0.15, 0.2) is 0 Å². The van der Waals surface area contributed by atoms with Crippen LogP contribution in [0.15, 0.2) is 0 Å². The molecule has 0 bridgehead atoms. The second-order valence-electron chi connectivity index (χ2n) is 4.77. The largest absolute Gasteiger partial charge is 0.481 e. The van der Waals surface area contributed by atoms with E-state index in [-0.39, 0.29) is 25.0 Å². The van der Waals surface area contributed by atoms with Gasteiger partial charge in [-0.05, 0) is 25.8 Å². The van der Waals surface area contributed by atoms with Crippen molar-refractivity contribution in [2.45, 2.75) is 38.7 Å². The number of piperidine rings is 1. The van der Waals surface area contributed by atoms with Crippen LogP contribution in [-0.4, -0.2) is 60.8 Å². The molecule has 1 aliphatic rings. The number of carbonyl (C=O) groups excluding carboxylic acids is 1. The average Bonchev–Trinajstić information content (AvgIpc) is 2.39. The predicted molar refractivity (Wildman–Crippen MR) is 71.0 cm³/mol. The highest BCUT2D eigenvalue weighted by Gasteiger charge is 2.22. The molecule has 2 N–H and O–H groups in total. The lowest BCUT2D eigenvalue weighted by Gasteiger charge is -2.32. The minimum absolute atomic E-state index is 0.0417. The van der Waals surface area contributed by atoms with E-state index >= 15 is 0 Å². The number of nitrogens with one attached hydrogen (secondary N) is 1. The van der Waals surface area contributed by atoms with Crippen molar-refractivity contribution < 1.29 is 19.4 Å². The number of hydrogen-bond acceptors (Lipinski definition) is 4. The molecule has 1 heterocycles. The summed E-state index contributed by atoms with van der Waals surface area (Å²) in [6.45, 7) is 4.98. The highest BCUT2D eigenvalue weighted by molar-refractivity contribution is 5.78. The quantitative estimate of drug-likeness (QED) is 0.628. The van der Waals surface area contributed by atoms with E-state index in [0.29, 0.717) is 19.6 Å². The van der Waals surface area contributed by atoms with Gasteiger partial charge in [0.1, 0.15) is 0 Å². The lowest BCUT2D eigenvalue weighted by atomic mass is 10.1. The third-order valence-electron chi connectivity index (χ3n) is 3.17. The van der Waals surface area contributed by atoms with Crippen molar-refractivity contribution >= 4 is 11.9 Å². The van der Waals surface area contributed by atoms with Gasteiger partial charge >= 0.3 is 5.97 Å². The summed E-state index contributed by atoms with van der Waals surface area (Å²) in [5.74, 6) is -0.702. The summed E-state index contributed by atoms with van der Waals surface area (Å²) in [5, 5.41) is 11.6. The molecule has 0 atom stereocenters. The van der Waals surface area contributed by atoms with Crippen molar-refractivity contribution in [3.05, 3.63) is 0 Å². The Bertz CT molecular complexity index is 288. The first-order chi connectivity index (χ1) is 9.13. The zero-order valence-electron chi connectivity index (χ0n) is 11.6. The number of amides is 1. The van der Waals surface area contributed by atoms with Crippen molar-refractivity contribution in [1.29, 1.82) is 0 Å². The number of rotatable bonds is 8. The molecule has 0 unspecified atom stereocenters. The minimum Gasteiger partial charge on any atom is -0.481 e. The maximum atomic E-state index is 11.8. The maximum Gasteiger partial charge on any atom is 0.305 e. The highest BCUT2D eigenvalue weighted by Crippen LogP contribution is 2.13. The maximum absolute atomic E-state index is 11.8. The first kappa shape index (κ1) is 15.9. The normalized spacial score (nSPS) is 16.6. The zero-order chi connectivity index (χ0) is 14.1. The lowest BCUT2D eigenvalue weighted by molar-refractivity contribution is -0.139. The van der Waals surface area contributed by atoms with Gasteiger partial charge in [0.05, 0.1) is 25.7 Å². The summed E-state index contributed by atoms with van der Waals surface area (Å²) >= 11 is 0. The molecule has 0 radical (unpaired) electrons. The van der Waals surface area contributed by atoms with E-state index in [1.54, 1.807) is 0 Å². The number of ether oxygens (including phenoxy) is 1. The predicted octanol–water partition coefficient (Wildman–Crippen LogP) is 0.468. The summed E-state index contributed by atoms with van der Waals surface area (Å²) in [7, 11) is 0. The fourth-order valence-corrected chi connectivity index (χ4v) is 2.07. The van der Waals surface area contributed by atoms with Gasteiger partial charge < -0.3 is 20.1 Å². The molecule has 110 valence electrons. The van der Waals surface area contributed by atoms with E-state index in [2.05, 4.69) is 12.2 Å². The third-order valence-corrected chi connectivity index (χ3v) is 3.17. The van der Waals surface area contributed by atoms with Gasteiger partial charge in [-0.1, -0.05) is 6.92 Å². The summed E-state index contributed by atoms with van der Waals surface area (Å²) < 4.78 is 5.49. The Morgan fingerprint density at radius 2 is 2.05 bits per heavy atom. The van der Waals surface area contributed by atoms with Crippen LogP contribution >= 0.6 is 0 Å². The number of carbonyl (C=O) groups is 2. The van der Waals surface area contributed by atoms with E-state index < -0.39 is 5.97 Å². The fourth-order valence-electron chi connectivity index (χ4n) is 2.07. The molecule has 19 heavy (non-hydrogen) atoms. The van der Waals surface area contributed by atoms with Crippen LogP contribution in [-0.2, 0) is 14.3 Å². The smallest absolute Gasteiger partial charge is 0.305 e. The Kier molecular flexibility index (Phi) is 7.43. The van der Waals surface area contributed by atoms with Gasteiger partial charge in [-0.25, -0.2) is 0 Å². The van der Waals surface area contributed by atoms with Gasteiger partial charge in [-0.3, -0.25) is 9.59 Å². The number of carboxylic acids is 1. The van der Waals surface area contributed by atoms with E-state index in [1.807, 2.05) is 4.90 Å². The number of hydrogen-bond donors (Lipinski definition) is 2. The van der Waals surface area contributed by atoms with Gasteiger partial charge in [0.25, 0.3) is 0 Å². The summed E-state index contributed by atoms with van der Waals surface area (Å²) in [4.78, 5) is 24.0.